The van der Waals surface area contributed by atoms with Crippen molar-refractivity contribution in [3.63, 3.8) is 0 Å². The summed E-state index contributed by atoms with van der Waals surface area (Å²) < 4.78 is 13.3. The number of methoxy groups -OCH3 is 1. The zero-order valence-corrected chi connectivity index (χ0v) is 14.4. The molecule has 4 nitrogen and oxygen atoms in total. The lowest BCUT2D eigenvalue weighted by Gasteiger charge is -2.12. The average Bonchev–Trinajstić information content (AvgIpc) is 3.36. The van der Waals surface area contributed by atoms with Gasteiger partial charge in [0, 0.05) is 29.7 Å². The maximum Gasteiger partial charge on any atom is 0.182 e. The molecule has 1 aromatic heterocycles. The van der Waals surface area contributed by atoms with Crippen molar-refractivity contribution in [3.05, 3.63) is 57.5 Å². The van der Waals surface area contributed by atoms with Gasteiger partial charge < -0.3 is 14.0 Å². The van der Waals surface area contributed by atoms with E-state index < -0.39 is 0 Å². The van der Waals surface area contributed by atoms with Gasteiger partial charge in [0.1, 0.15) is 0 Å². The Labute approximate surface area is 142 Å². The lowest BCUT2D eigenvalue weighted by molar-refractivity contribution is 0.280. The van der Waals surface area contributed by atoms with Crippen LogP contribution in [0.3, 0.4) is 0 Å². The number of pyridine rings is 1. The number of benzene rings is 1. The van der Waals surface area contributed by atoms with Crippen molar-refractivity contribution in [1.29, 1.82) is 0 Å². The molecule has 1 aliphatic rings. The van der Waals surface area contributed by atoms with Gasteiger partial charge in [0.05, 0.1) is 13.7 Å². The molecule has 1 heterocycles. The van der Waals surface area contributed by atoms with Crippen molar-refractivity contribution in [2.75, 3.05) is 13.7 Å². The fourth-order valence-electron chi connectivity index (χ4n) is 2.67. The number of aromatic nitrogens is 1. The highest BCUT2D eigenvalue weighted by molar-refractivity contribution is 5.64. The highest BCUT2D eigenvalue weighted by atomic mass is 16.5. The number of rotatable bonds is 6. The van der Waals surface area contributed by atoms with E-state index >= 15 is 0 Å². The Balaban J connectivity index is 1.83. The summed E-state index contributed by atoms with van der Waals surface area (Å²) in [7, 11) is 1.65. The topological polar surface area (TPSA) is 40.5 Å². The van der Waals surface area contributed by atoms with Crippen molar-refractivity contribution in [2.45, 2.75) is 26.7 Å². The van der Waals surface area contributed by atoms with Crippen LogP contribution in [0.5, 0.6) is 11.5 Å². The lowest BCUT2D eigenvalue weighted by Crippen LogP contribution is -2.08. The average molecular weight is 325 g/mol. The normalized spacial score (nSPS) is 14.1. The van der Waals surface area contributed by atoms with Crippen LogP contribution in [0.4, 0.5) is 0 Å². The maximum absolute atomic E-state index is 11.5. The molecule has 0 saturated heterocycles. The fraction of sp³-hybridized carbons (Fsp3) is 0.350. The number of hydrogen-bond acceptors (Lipinski definition) is 3. The molecule has 0 bridgehead atoms. The van der Waals surface area contributed by atoms with Gasteiger partial charge in [-0.3, -0.25) is 4.79 Å². The van der Waals surface area contributed by atoms with Crippen LogP contribution in [-0.4, -0.2) is 18.3 Å². The zero-order chi connectivity index (χ0) is 17.1. The van der Waals surface area contributed by atoms with Gasteiger partial charge in [-0.2, -0.15) is 0 Å². The summed E-state index contributed by atoms with van der Waals surface area (Å²) in [5.74, 6) is 2.23. The van der Waals surface area contributed by atoms with E-state index in [0.717, 1.165) is 35.1 Å². The molecule has 0 atom stereocenters. The second kappa shape index (κ2) is 6.95. The third kappa shape index (κ3) is 3.88. The Morgan fingerprint density at radius 1 is 1.12 bits per heavy atom. The van der Waals surface area contributed by atoms with E-state index in [2.05, 4.69) is 0 Å². The highest BCUT2D eigenvalue weighted by Crippen LogP contribution is 2.33. The van der Waals surface area contributed by atoms with Crippen molar-refractivity contribution < 1.29 is 9.47 Å². The summed E-state index contributed by atoms with van der Waals surface area (Å²) >= 11 is 0. The Hall–Kier alpha value is -2.49. The molecule has 126 valence electrons. The minimum atomic E-state index is 0.0369. The van der Waals surface area contributed by atoms with Gasteiger partial charge in [-0.05, 0) is 56.4 Å². The van der Waals surface area contributed by atoms with Gasteiger partial charge >= 0.3 is 0 Å². The first-order chi connectivity index (χ1) is 11.6. The van der Waals surface area contributed by atoms with Gasteiger partial charge in [-0.15, -0.1) is 0 Å². The molecule has 0 amide bonds. The van der Waals surface area contributed by atoms with E-state index in [1.807, 2.05) is 48.9 Å². The van der Waals surface area contributed by atoms with Crippen molar-refractivity contribution in [1.82, 2.24) is 4.57 Å². The van der Waals surface area contributed by atoms with Crippen LogP contribution in [0.25, 0.3) is 12.3 Å². The molecule has 3 rings (SSSR count). The quantitative estimate of drug-likeness (QED) is 0.809. The van der Waals surface area contributed by atoms with Gasteiger partial charge in [0.2, 0.25) is 0 Å². The smallest absolute Gasteiger partial charge is 0.182 e. The molecule has 0 spiro atoms. The van der Waals surface area contributed by atoms with Crippen LogP contribution in [0.2, 0.25) is 0 Å². The fourth-order valence-corrected chi connectivity index (χ4v) is 2.67. The zero-order valence-electron chi connectivity index (χ0n) is 14.4. The first-order valence-electron chi connectivity index (χ1n) is 8.25. The Morgan fingerprint density at radius 2 is 1.83 bits per heavy atom. The van der Waals surface area contributed by atoms with E-state index in [-0.39, 0.29) is 5.43 Å². The number of hydrogen-bond donors (Lipinski definition) is 0. The van der Waals surface area contributed by atoms with E-state index in [4.69, 9.17) is 9.47 Å². The van der Waals surface area contributed by atoms with E-state index in [0.29, 0.717) is 5.92 Å². The molecule has 0 unspecified atom stereocenters. The van der Waals surface area contributed by atoms with Crippen LogP contribution in [0, 0.1) is 19.8 Å². The Morgan fingerprint density at radius 3 is 2.46 bits per heavy atom. The van der Waals surface area contributed by atoms with E-state index in [1.54, 1.807) is 19.2 Å². The van der Waals surface area contributed by atoms with Crippen LogP contribution in [-0.2, 0) is 0 Å². The first-order valence-corrected chi connectivity index (χ1v) is 8.25. The van der Waals surface area contributed by atoms with Crippen molar-refractivity contribution in [3.8, 4) is 11.5 Å². The molecule has 0 N–H and O–H groups in total. The van der Waals surface area contributed by atoms with Crippen molar-refractivity contribution >= 4 is 12.3 Å². The third-order valence-corrected chi connectivity index (χ3v) is 4.24. The number of nitrogens with zero attached hydrogens (tertiary/aromatic N) is 1. The van der Waals surface area contributed by atoms with Crippen LogP contribution >= 0.6 is 0 Å². The van der Waals surface area contributed by atoms with Gasteiger partial charge in [-0.1, -0.05) is 6.07 Å². The predicted octanol–water partition coefficient (Wildman–Crippen LogP) is 3.89. The maximum atomic E-state index is 11.5. The number of ether oxygens (including phenoxy) is 2. The molecular weight excluding hydrogens is 302 g/mol. The van der Waals surface area contributed by atoms with Gasteiger partial charge in [-0.25, -0.2) is 0 Å². The second-order valence-corrected chi connectivity index (χ2v) is 6.32. The summed E-state index contributed by atoms with van der Waals surface area (Å²) in [6.07, 6.45) is 6.49. The minimum Gasteiger partial charge on any atom is -0.493 e. The van der Waals surface area contributed by atoms with Gasteiger partial charge in [0.25, 0.3) is 0 Å². The molecule has 4 heteroatoms. The molecule has 1 fully saturated rings. The molecule has 0 radical (unpaired) electrons. The summed E-state index contributed by atoms with van der Waals surface area (Å²) in [6.45, 7) is 4.61. The largest absolute Gasteiger partial charge is 0.493 e. The second-order valence-electron chi connectivity index (χ2n) is 6.32. The number of aryl methyl sites for hydroxylation is 2. The third-order valence-electron chi connectivity index (χ3n) is 4.24. The molecule has 24 heavy (non-hydrogen) atoms. The van der Waals surface area contributed by atoms with E-state index in [9.17, 15) is 4.79 Å². The van der Waals surface area contributed by atoms with Gasteiger partial charge in [0.15, 0.2) is 16.9 Å². The predicted molar refractivity (Wildman–Crippen MR) is 96.6 cm³/mol. The molecule has 1 aromatic carbocycles. The molecule has 1 saturated carbocycles. The van der Waals surface area contributed by atoms with Crippen LogP contribution in [0.1, 0.15) is 29.8 Å². The highest BCUT2D eigenvalue weighted by Gasteiger charge is 2.22. The summed E-state index contributed by atoms with van der Waals surface area (Å²) in [6, 6.07) is 9.18. The molecule has 0 aliphatic heterocycles. The summed E-state index contributed by atoms with van der Waals surface area (Å²) in [5, 5.41) is 0. The monoisotopic (exact) mass is 325 g/mol. The van der Waals surface area contributed by atoms with E-state index in [1.165, 1.54) is 12.8 Å². The van der Waals surface area contributed by atoms with Crippen LogP contribution < -0.4 is 14.9 Å². The lowest BCUT2D eigenvalue weighted by atomic mass is 10.2. The minimum absolute atomic E-state index is 0.0369. The van der Waals surface area contributed by atoms with Crippen LogP contribution in [0.15, 0.2) is 35.1 Å². The summed E-state index contributed by atoms with van der Waals surface area (Å²) in [4.78, 5) is 11.5. The Kier molecular flexibility index (Phi) is 4.74. The standard InChI is InChI=1S/C20H23NO3/c1-14-10-18(22)11-15(2)21(14)9-8-16-6-7-19(23-3)20(12-16)24-13-17-4-5-17/h6-12,17H,4-5,13H2,1-3H3. The first kappa shape index (κ1) is 16.4. The van der Waals surface area contributed by atoms with Crippen molar-refractivity contribution in [2.24, 2.45) is 5.92 Å². The Bertz CT molecular complexity index is 790. The SMILES string of the molecule is COc1ccc(C=Cn2c(C)cc(=O)cc2C)cc1OCC1CC1. The molecule has 2 aromatic rings. The summed E-state index contributed by atoms with van der Waals surface area (Å²) in [5.41, 5.74) is 2.89. The molecule has 1 aliphatic carbocycles. The molecular formula is C20H23NO3.